The van der Waals surface area contributed by atoms with Gasteiger partial charge in [-0.3, -0.25) is 4.99 Å². The fourth-order valence-corrected chi connectivity index (χ4v) is 5.55. The maximum absolute atomic E-state index is 6.76. The minimum absolute atomic E-state index is 0.411. The summed E-state index contributed by atoms with van der Waals surface area (Å²) in [4.78, 5) is 9.94. The van der Waals surface area contributed by atoms with E-state index in [2.05, 4.69) is 48.5 Å². The monoisotopic (exact) mass is 537 g/mol. The van der Waals surface area contributed by atoms with Crippen molar-refractivity contribution in [1.82, 2.24) is 0 Å². The second-order valence-corrected chi connectivity index (χ2v) is 10.2. The third-order valence-electron chi connectivity index (χ3n) is 7.25. The molecule has 0 aliphatic rings. The van der Waals surface area contributed by atoms with Crippen LogP contribution in [0.25, 0.3) is 43.5 Å². The van der Waals surface area contributed by atoms with Crippen LogP contribution in [0.15, 0.2) is 136 Å². The topological polar surface area (TPSA) is 63.9 Å². The molecule has 0 atom stereocenters. The van der Waals surface area contributed by atoms with Crippen LogP contribution in [0.3, 0.4) is 0 Å². The summed E-state index contributed by atoms with van der Waals surface area (Å²) in [6.45, 7) is 0.411. The van der Waals surface area contributed by atoms with Crippen LogP contribution >= 0.6 is 11.6 Å². The van der Waals surface area contributed by atoms with Crippen molar-refractivity contribution in [1.29, 1.82) is 0 Å². The number of fused-ring (bicyclic) bond motifs is 6. The van der Waals surface area contributed by atoms with Gasteiger partial charge in [-0.05, 0) is 51.4 Å². The lowest BCUT2D eigenvalue weighted by molar-refractivity contribution is 0.668. The zero-order valence-electron chi connectivity index (χ0n) is 21.5. The van der Waals surface area contributed by atoms with Crippen molar-refractivity contribution in [3.05, 3.63) is 143 Å². The number of furan rings is 1. The van der Waals surface area contributed by atoms with E-state index in [9.17, 15) is 0 Å². The number of nitrogens with two attached hydrogens (primary N) is 1. The van der Waals surface area contributed by atoms with E-state index in [-0.39, 0.29) is 0 Å². The van der Waals surface area contributed by atoms with Crippen molar-refractivity contribution >= 4 is 66.8 Å². The Morgan fingerprint density at radius 3 is 2.27 bits per heavy atom. The molecule has 0 unspecified atom stereocenters. The van der Waals surface area contributed by atoms with Gasteiger partial charge in [-0.2, -0.15) is 0 Å². The first-order valence-corrected chi connectivity index (χ1v) is 13.5. The molecule has 0 spiro atoms. The quantitative estimate of drug-likeness (QED) is 0.138. The number of benzene rings is 6. The number of hydrogen-bond acceptors (Lipinski definition) is 2. The van der Waals surface area contributed by atoms with Crippen LogP contribution in [0, 0.1) is 0 Å². The summed E-state index contributed by atoms with van der Waals surface area (Å²) in [6.07, 6.45) is 0. The molecule has 0 aliphatic carbocycles. The summed E-state index contributed by atoms with van der Waals surface area (Å²) < 4.78 is 6.08. The fraction of sp³-hybridized carbons (Fsp3) is 0.0286. The minimum atomic E-state index is 0.411. The molecule has 4 nitrogen and oxygen atoms in total. The van der Waals surface area contributed by atoms with Crippen LogP contribution in [0.4, 0.5) is 0 Å². The highest BCUT2D eigenvalue weighted by molar-refractivity contribution is 6.31. The molecule has 6 aromatic carbocycles. The van der Waals surface area contributed by atoms with Crippen molar-refractivity contribution in [3.8, 4) is 0 Å². The Bertz CT molecular complexity index is 2110. The third kappa shape index (κ3) is 4.29. The van der Waals surface area contributed by atoms with Crippen LogP contribution in [0.2, 0.25) is 5.02 Å². The molecular weight excluding hydrogens is 514 g/mol. The van der Waals surface area contributed by atoms with E-state index in [1.54, 1.807) is 0 Å². The molecule has 1 heterocycles. The average molecular weight is 538 g/mol. The van der Waals surface area contributed by atoms with Gasteiger partial charge in [-0.1, -0.05) is 103 Å². The molecule has 0 bridgehead atoms. The number of rotatable bonds is 4. The zero-order valence-corrected chi connectivity index (χ0v) is 22.3. The predicted molar refractivity (Wildman–Crippen MR) is 168 cm³/mol. The van der Waals surface area contributed by atoms with E-state index in [1.165, 1.54) is 5.39 Å². The first-order chi connectivity index (χ1) is 19.7. The van der Waals surface area contributed by atoms with E-state index in [0.29, 0.717) is 23.2 Å². The first-order valence-electron chi connectivity index (χ1n) is 13.1. The molecule has 192 valence electrons. The standard InChI is InChI=1S/C35H24ClN3O/c36-25-17-18-29-32(20-25)40-31-16-8-12-24(33(29)31)21-38-35(22-9-2-1-3-10-22)39-34(37)30-19-23-11-4-5-13-26(23)27-14-6-7-15-28(27)30/h1-20H,21H2,(H2,37,38,39). The van der Waals surface area contributed by atoms with Gasteiger partial charge in [0, 0.05) is 33.0 Å². The smallest absolute Gasteiger partial charge is 0.157 e. The van der Waals surface area contributed by atoms with Crippen molar-refractivity contribution in [2.75, 3.05) is 0 Å². The summed E-state index contributed by atoms with van der Waals surface area (Å²) in [5.74, 6) is 0.995. The van der Waals surface area contributed by atoms with Gasteiger partial charge < -0.3 is 10.2 Å². The van der Waals surface area contributed by atoms with Crippen molar-refractivity contribution in [3.63, 3.8) is 0 Å². The van der Waals surface area contributed by atoms with Crippen molar-refractivity contribution in [2.24, 2.45) is 15.7 Å². The molecule has 40 heavy (non-hydrogen) atoms. The number of nitrogens with zero attached hydrogens (tertiary/aromatic N) is 2. The Hall–Kier alpha value is -4.93. The Labute approximate surface area is 236 Å². The maximum Gasteiger partial charge on any atom is 0.157 e. The second-order valence-electron chi connectivity index (χ2n) is 9.73. The van der Waals surface area contributed by atoms with E-state index in [0.717, 1.165) is 54.8 Å². The van der Waals surface area contributed by atoms with Gasteiger partial charge in [0.25, 0.3) is 0 Å². The largest absolute Gasteiger partial charge is 0.456 e. The van der Waals surface area contributed by atoms with Crippen LogP contribution in [-0.2, 0) is 6.54 Å². The second kappa shape index (κ2) is 9.99. The molecule has 0 saturated carbocycles. The highest BCUT2D eigenvalue weighted by Gasteiger charge is 2.14. The van der Waals surface area contributed by atoms with Gasteiger partial charge in [-0.25, -0.2) is 4.99 Å². The Kier molecular flexibility index (Phi) is 6.03. The molecule has 2 N–H and O–H groups in total. The van der Waals surface area contributed by atoms with Crippen LogP contribution < -0.4 is 5.73 Å². The molecule has 0 saturated heterocycles. The summed E-state index contributed by atoms with van der Waals surface area (Å²) in [6, 6.07) is 40.5. The third-order valence-corrected chi connectivity index (χ3v) is 7.48. The Balaban J connectivity index is 1.37. The normalized spacial score (nSPS) is 12.6. The highest BCUT2D eigenvalue weighted by Crippen LogP contribution is 2.33. The number of hydrogen-bond donors (Lipinski definition) is 1. The molecule has 7 aromatic rings. The minimum Gasteiger partial charge on any atom is -0.456 e. The maximum atomic E-state index is 6.76. The van der Waals surface area contributed by atoms with E-state index < -0.39 is 0 Å². The summed E-state index contributed by atoms with van der Waals surface area (Å²) in [5.41, 5.74) is 11.1. The number of amidine groups is 2. The van der Waals surface area contributed by atoms with Gasteiger partial charge in [0.1, 0.15) is 17.0 Å². The van der Waals surface area contributed by atoms with Crippen LogP contribution in [0.5, 0.6) is 0 Å². The summed E-state index contributed by atoms with van der Waals surface area (Å²) in [7, 11) is 0. The fourth-order valence-electron chi connectivity index (χ4n) is 5.38. The average Bonchev–Trinajstić information content (AvgIpc) is 3.37. The molecular formula is C35H24ClN3O. The lowest BCUT2D eigenvalue weighted by Gasteiger charge is -2.11. The SMILES string of the molecule is N/C(=N\C(=N/Cc1cccc2oc3cc(Cl)ccc3c12)c1ccccc1)c1cc2ccccc2c2ccccc12. The molecule has 1 aromatic heterocycles. The Morgan fingerprint density at radius 1 is 0.675 bits per heavy atom. The van der Waals surface area contributed by atoms with Gasteiger partial charge in [-0.15, -0.1) is 0 Å². The van der Waals surface area contributed by atoms with Crippen molar-refractivity contribution < 1.29 is 4.42 Å². The Morgan fingerprint density at radius 2 is 1.43 bits per heavy atom. The molecule has 5 heteroatoms. The molecule has 7 rings (SSSR count). The van der Waals surface area contributed by atoms with Gasteiger partial charge in [0.2, 0.25) is 0 Å². The van der Waals surface area contributed by atoms with Gasteiger partial charge >= 0.3 is 0 Å². The number of aliphatic imine (C=N–C) groups is 2. The van der Waals surface area contributed by atoms with Crippen molar-refractivity contribution in [2.45, 2.75) is 6.54 Å². The zero-order chi connectivity index (χ0) is 27.1. The van der Waals surface area contributed by atoms with E-state index >= 15 is 0 Å². The lowest BCUT2D eigenvalue weighted by atomic mass is 9.97. The lowest BCUT2D eigenvalue weighted by Crippen LogP contribution is -2.17. The summed E-state index contributed by atoms with van der Waals surface area (Å²) >= 11 is 6.22. The van der Waals surface area contributed by atoms with Crippen LogP contribution in [0.1, 0.15) is 16.7 Å². The molecule has 0 radical (unpaired) electrons. The predicted octanol–water partition coefficient (Wildman–Crippen LogP) is 8.90. The van der Waals surface area contributed by atoms with Crippen LogP contribution in [-0.4, -0.2) is 11.7 Å². The molecule has 0 amide bonds. The van der Waals surface area contributed by atoms with E-state index in [1.807, 2.05) is 72.8 Å². The number of halogens is 1. The summed E-state index contributed by atoms with van der Waals surface area (Å²) in [5, 5.41) is 7.19. The molecule has 0 fully saturated rings. The highest BCUT2D eigenvalue weighted by atomic mass is 35.5. The van der Waals surface area contributed by atoms with Gasteiger partial charge in [0.15, 0.2) is 5.84 Å². The van der Waals surface area contributed by atoms with Gasteiger partial charge in [0.05, 0.1) is 6.54 Å². The van der Waals surface area contributed by atoms with E-state index in [4.69, 9.17) is 31.7 Å². The first kappa shape index (κ1) is 24.1. The molecule has 0 aliphatic heterocycles.